The van der Waals surface area contributed by atoms with Crippen molar-refractivity contribution in [2.24, 2.45) is 0 Å². The first-order valence-corrected chi connectivity index (χ1v) is 9.91. The van der Waals surface area contributed by atoms with Crippen LogP contribution < -0.4 is 10.6 Å². The number of rotatable bonds is 9. The van der Waals surface area contributed by atoms with E-state index in [-0.39, 0.29) is 36.8 Å². The van der Waals surface area contributed by atoms with E-state index in [1.807, 2.05) is 0 Å². The molecular formula is C19H28N5O7. The van der Waals surface area contributed by atoms with Crippen molar-refractivity contribution in [2.45, 2.75) is 70.5 Å². The zero-order valence-electron chi connectivity index (χ0n) is 18.0. The normalized spacial score (nSPS) is 18.4. The highest BCUT2D eigenvalue weighted by Gasteiger charge is 2.46. The third-order valence-electron chi connectivity index (χ3n) is 5.34. The van der Waals surface area contributed by atoms with Gasteiger partial charge in [-0.3, -0.25) is 25.0 Å². The fourth-order valence-electron chi connectivity index (χ4n) is 4.18. The maximum atomic E-state index is 12.6. The van der Waals surface area contributed by atoms with Gasteiger partial charge in [-0.15, -0.1) is 10.3 Å². The van der Waals surface area contributed by atoms with E-state index in [1.165, 1.54) is 6.07 Å². The van der Waals surface area contributed by atoms with Crippen molar-refractivity contribution in [3.8, 4) is 0 Å². The molecule has 3 N–H and O–H groups in total. The van der Waals surface area contributed by atoms with Gasteiger partial charge in [-0.2, -0.15) is 0 Å². The summed E-state index contributed by atoms with van der Waals surface area (Å²) in [6.45, 7) is 7.36. The Morgan fingerprint density at radius 3 is 2.10 bits per heavy atom. The van der Waals surface area contributed by atoms with Crippen LogP contribution in [-0.4, -0.2) is 49.7 Å². The van der Waals surface area contributed by atoms with E-state index in [4.69, 9.17) is 5.11 Å². The second-order valence-electron chi connectivity index (χ2n) is 8.99. The van der Waals surface area contributed by atoms with Crippen LogP contribution in [0.5, 0.6) is 0 Å². The van der Waals surface area contributed by atoms with Crippen LogP contribution in [0.2, 0.25) is 0 Å². The number of piperidine rings is 1. The Morgan fingerprint density at radius 2 is 1.61 bits per heavy atom. The molecule has 0 spiro atoms. The molecule has 1 saturated heterocycles. The second-order valence-corrected chi connectivity index (χ2v) is 8.99. The summed E-state index contributed by atoms with van der Waals surface area (Å²) in [5.41, 5.74) is -2.15. The number of nitrogens with zero attached hydrogens (tertiary/aromatic N) is 3. The minimum Gasteiger partial charge on any atom is -0.481 e. The first-order valence-electron chi connectivity index (χ1n) is 9.91. The molecule has 0 saturated carbocycles. The van der Waals surface area contributed by atoms with Gasteiger partial charge in [0.1, 0.15) is 11.4 Å². The first kappa shape index (κ1) is 24.3. The molecule has 171 valence electrons. The molecule has 1 aliphatic heterocycles. The average Bonchev–Trinajstić information content (AvgIpc) is 2.62. The van der Waals surface area contributed by atoms with E-state index in [2.05, 4.69) is 10.6 Å². The Labute approximate surface area is 179 Å². The quantitative estimate of drug-likeness (QED) is 0.296. The Kier molecular flexibility index (Phi) is 7.06. The van der Waals surface area contributed by atoms with Crippen LogP contribution in [0.15, 0.2) is 12.1 Å². The Balaban J connectivity index is 2.36. The monoisotopic (exact) mass is 438 g/mol. The maximum absolute atomic E-state index is 12.6. The topological polar surface area (TPSA) is 171 Å². The molecule has 0 aliphatic carbocycles. The molecule has 0 amide bonds. The highest BCUT2D eigenvalue weighted by molar-refractivity contribution is 5.77. The molecule has 1 aliphatic rings. The van der Waals surface area contributed by atoms with Crippen LogP contribution >= 0.6 is 0 Å². The van der Waals surface area contributed by atoms with Crippen LogP contribution in [0, 0.1) is 20.2 Å². The molecule has 2 rings (SSSR count). The number of hydrogen-bond acceptors (Lipinski definition) is 8. The maximum Gasteiger partial charge on any atom is 0.303 e. The van der Waals surface area contributed by atoms with Crippen LogP contribution in [0.3, 0.4) is 0 Å². The third-order valence-corrected chi connectivity index (χ3v) is 5.34. The molecule has 0 aromatic heterocycles. The highest BCUT2D eigenvalue weighted by Crippen LogP contribution is 2.41. The van der Waals surface area contributed by atoms with Gasteiger partial charge < -0.3 is 15.7 Å². The number of nitrogens with one attached hydrogen (secondary N) is 2. The summed E-state index contributed by atoms with van der Waals surface area (Å²) >= 11 is 0. The van der Waals surface area contributed by atoms with Gasteiger partial charge in [0.05, 0.1) is 15.9 Å². The van der Waals surface area contributed by atoms with E-state index < -0.39 is 38.3 Å². The molecule has 0 atom stereocenters. The molecule has 1 radical (unpaired) electrons. The summed E-state index contributed by atoms with van der Waals surface area (Å²) in [5, 5.41) is 51.3. The fourth-order valence-corrected chi connectivity index (χ4v) is 4.18. The van der Waals surface area contributed by atoms with Gasteiger partial charge in [0, 0.05) is 30.1 Å². The lowest BCUT2D eigenvalue weighted by Crippen LogP contribution is -2.60. The van der Waals surface area contributed by atoms with E-state index in [9.17, 15) is 30.2 Å². The number of carboxylic acid groups (broad SMARTS) is 1. The number of hydrogen-bond donors (Lipinski definition) is 3. The van der Waals surface area contributed by atoms with Crippen molar-refractivity contribution >= 4 is 28.7 Å². The molecule has 12 heteroatoms. The summed E-state index contributed by atoms with van der Waals surface area (Å²) in [6.07, 6.45) is 0.971. The first-order chi connectivity index (χ1) is 14.2. The smallest absolute Gasteiger partial charge is 0.303 e. The van der Waals surface area contributed by atoms with Crippen molar-refractivity contribution in [3.05, 3.63) is 32.4 Å². The van der Waals surface area contributed by atoms with Gasteiger partial charge in [0.15, 0.2) is 0 Å². The van der Waals surface area contributed by atoms with Crippen molar-refractivity contribution in [2.75, 3.05) is 17.2 Å². The number of aliphatic carboxylic acids is 1. The molecule has 1 fully saturated rings. The summed E-state index contributed by atoms with van der Waals surface area (Å²) in [6, 6.07) is 1.93. The van der Waals surface area contributed by atoms with Crippen LogP contribution in [-0.2, 0) is 10.0 Å². The third kappa shape index (κ3) is 5.79. The number of nitro benzene ring substituents is 2. The zero-order chi connectivity index (χ0) is 23.6. The number of hydroxylamine groups is 2. The molecule has 0 unspecified atom stereocenters. The van der Waals surface area contributed by atoms with Crippen molar-refractivity contribution in [3.63, 3.8) is 0 Å². The van der Waals surface area contributed by atoms with Gasteiger partial charge in [-0.25, -0.2) is 0 Å². The van der Waals surface area contributed by atoms with E-state index in [0.717, 1.165) is 11.1 Å². The Bertz CT molecular complexity index is 853. The van der Waals surface area contributed by atoms with Crippen molar-refractivity contribution in [1.29, 1.82) is 0 Å². The number of benzene rings is 1. The SMILES string of the molecule is CC1(C)CC(Nc2cc(NCCCC(=O)O)c([N+](=O)[O-])cc2[N+](=O)[O-])CC(C)(C)N1[O]. The average molecular weight is 438 g/mol. The van der Waals surface area contributed by atoms with E-state index in [1.54, 1.807) is 27.7 Å². The molecule has 31 heavy (non-hydrogen) atoms. The zero-order valence-corrected chi connectivity index (χ0v) is 18.0. The van der Waals surface area contributed by atoms with E-state index in [0.29, 0.717) is 12.8 Å². The molecule has 12 nitrogen and oxygen atoms in total. The molecule has 0 bridgehead atoms. The summed E-state index contributed by atoms with van der Waals surface area (Å²) in [7, 11) is 0. The van der Waals surface area contributed by atoms with Crippen LogP contribution in [0.4, 0.5) is 22.7 Å². The lowest BCUT2D eigenvalue weighted by molar-refractivity contribution is -0.393. The largest absolute Gasteiger partial charge is 0.481 e. The van der Waals surface area contributed by atoms with Crippen LogP contribution in [0.1, 0.15) is 53.4 Å². The minimum absolute atomic E-state index is 0.0586. The predicted octanol–water partition coefficient (Wildman–Crippen LogP) is 3.56. The van der Waals surface area contributed by atoms with Crippen molar-refractivity contribution in [1.82, 2.24) is 5.06 Å². The number of nitro groups is 2. The molecular weight excluding hydrogens is 410 g/mol. The lowest BCUT2D eigenvalue weighted by Gasteiger charge is -2.50. The second kappa shape index (κ2) is 9.02. The van der Waals surface area contributed by atoms with Gasteiger partial charge >= 0.3 is 5.97 Å². The van der Waals surface area contributed by atoms with Crippen molar-refractivity contribution < 1.29 is 25.0 Å². The molecule has 1 heterocycles. The summed E-state index contributed by atoms with van der Waals surface area (Å²) < 4.78 is 0. The van der Waals surface area contributed by atoms with Gasteiger partial charge in [-0.1, -0.05) is 0 Å². The summed E-state index contributed by atoms with van der Waals surface area (Å²) in [5.74, 6) is -0.989. The number of carbonyl (C=O) groups is 1. The lowest BCUT2D eigenvalue weighted by atomic mass is 9.79. The fraction of sp³-hybridized carbons (Fsp3) is 0.632. The summed E-state index contributed by atoms with van der Waals surface area (Å²) in [4.78, 5) is 32.3. The number of carboxylic acids is 1. The molecule has 1 aromatic carbocycles. The predicted molar refractivity (Wildman–Crippen MR) is 112 cm³/mol. The van der Waals surface area contributed by atoms with Gasteiger partial charge in [0.25, 0.3) is 11.4 Å². The van der Waals surface area contributed by atoms with Gasteiger partial charge in [0.2, 0.25) is 0 Å². The van der Waals surface area contributed by atoms with Gasteiger partial charge in [-0.05, 0) is 53.0 Å². The minimum atomic E-state index is -0.989. The Hall–Kier alpha value is -2.99. The highest BCUT2D eigenvalue weighted by atomic mass is 16.6. The molecule has 1 aromatic rings. The standard InChI is InChI=1S/C19H28N5O7/c1-18(2)10-12(11-19(3,4)24(18)31)21-14-8-13(20-7-5-6-17(25)26)15(22(27)28)9-16(14)23(29)30/h8-9,12,20-21H,5-7,10-11H2,1-4H3,(H,25,26). The van der Waals surface area contributed by atoms with E-state index >= 15 is 0 Å². The van der Waals surface area contributed by atoms with Crippen LogP contribution in [0.25, 0.3) is 0 Å². The number of anilines is 2. The Morgan fingerprint density at radius 1 is 1.10 bits per heavy atom.